The normalized spacial score (nSPS) is 10.4. The molecule has 3 rings (SSSR count). The van der Waals surface area contributed by atoms with Gasteiger partial charge in [0.15, 0.2) is 0 Å². The van der Waals surface area contributed by atoms with E-state index in [9.17, 15) is 9.59 Å². The zero-order valence-corrected chi connectivity index (χ0v) is 13.6. The number of carbonyl (C=O) groups is 2. The molecule has 3 aromatic rings. The van der Waals surface area contributed by atoms with Gasteiger partial charge in [0.05, 0.1) is 36.2 Å². The van der Waals surface area contributed by atoms with Crippen molar-refractivity contribution in [1.29, 1.82) is 0 Å². The van der Waals surface area contributed by atoms with E-state index in [1.807, 2.05) is 12.1 Å². The van der Waals surface area contributed by atoms with Crippen molar-refractivity contribution in [1.82, 2.24) is 20.3 Å². The van der Waals surface area contributed by atoms with Crippen LogP contribution in [0.2, 0.25) is 0 Å². The van der Waals surface area contributed by atoms with Crippen LogP contribution in [0.25, 0.3) is 11.0 Å². The molecule has 0 unspecified atom stereocenters. The van der Waals surface area contributed by atoms with Crippen LogP contribution in [0.4, 0.5) is 10.5 Å². The zero-order chi connectivity index (χ0) is 17.6. The van der Waals surface area contributed by atoms with Crippen LogP contribution in [0.1, 0.15) is 23.0 Å². The summed E-state index contributed by atoms with van der Waals surface area (Å²) in [6.07, 6.45) is 2.60. The molecule has 2 heterocycles. The number of hydrogen-bond donors (Lipinski definition) is 3. The zero-order valence-electron chi connectivity index (χ0n) is 13.6. The first-order valence-corrected chi connectivity index (χ1v) is 7.75. The molecule has 8 heteroatoms. The number of benzene rings is 1. The van der Waals surface area contributed by atoms with Gasteiger partial charge in [-0.25, -0.2) is 9.78 Å². The summed E-state index contributed by atoms with van der Waals surface area (Å²) < 4.78 is 4.78. The van der Waals surface area contributed by atoms with Gasteiger partial charge in [-0.2, -0.15) is 0 Å². The fourth-order valence-corrected chi connectivity index (χ4v) is 2.28. The fraction of sp³-hybridized carbons (Fsp3) is 0.176. The highest BCUT2D eigenvalue weighted by molar-refractivity contribution is 6.04. The van der Waals surface area contributed by atoms with Gasteiger partial charge >= 0.3 is 6.09 Å². The first-order valence-electron chi connectivity index (χ1n) is 7.75. The summed E-state index contributed by atoms with van der Waals surface area (Å²) in [5, 5.41) is 5.39. The number of anilines is 1. The largest absolute Gasteiger partial charge is 0.450 e. The second-order valence-corrected chi connectivity index (χ2v) is 5.20. The van der Waals surface area contributed by atoms with Crippen molar-refractivity contribution in [2.24, 2.45) is 0 Å². The summed E-state index contributed by atoms with van der Waals surface area (Å²) in [6.45, 7) is 2.20. The van der Waals surface area contributed by atoms with E-state index < -0.39 is 6.09 Å². The molecule has 0 bridgehead atoms. The molecule has 0 saturated carbocycles. The molecule has 0 spiro atoms. The predicted molar refractivity (Wildman–Crippen MR) is 92.1 cm³/mol. The number of nitrogens with zero attached hydrogens (tertiary/aromatic N) is 2. The number of hydrogen-bond acceptors (Lipinski definition) is 5. The highest BCUT2D eigenvalue weighted by Crippen LogP contribution is 2.16. The molecule has 0 atom stereocenters. The lowest BCUT2D eigenvalue weighted by molar-refractivity contribution is 0.102. The Labute approximate surface area is 143 Å². The molecule has 0 radical (unpaired) electrons. The van der Waals surface area contributed by atoms with Crippen molar-refractivity contribution in [2.75, 3.05) is 11.9 Å². The molecule has 1 aromatic carbocycles. The van der Waals surface area contributed by atoms with Crippen LogP contribution < -0.4 is 10.6 Å². The van der Waals surface area contributed by atoms with E-state index in [1.54, 1.807) is 31.5 Å². The number of H-pyrrole nitrogens is 1. The molecule has 0 aliphatic heterocycles. The lowest BCUT2D eigenvalue weighted by Crippen LogP contribution is -2.24. The first-order chi connectivity index (χ1) is 12.2. The van der Waals surface area contributed by atoms with Crippen LogP contribution in [0.15, 0.2) is 42.9 Å². The molecule has 128 valence electrons. The number of ether oxygens (including phenoxy) is 1. The Balaban J connectivity index is 1.67. The Morgan fingerprint density at radius 1 is 1.20 bits per heavy atom. The lowest BCUT2D eigenvalue weighted by atomic mass is 10.2. The van der Waals surface area contributed by atoms with Crippen molar-refractivity contribution in [3.05, 3.63) is 54.1 Å². The molecule has 2 aromatic heterocycles. The van der Waals surface area contributed by atoms with Gasteiger partial charge in [-0.3, -0.25) is 9.78 Å². The van der Waals surface area contributed by atoms with Crippen LogP contribution >= 0.6 is 0 Å². The maximum Gasteiger partial charge on any atom is 0.407 e. The summed E-state index contributed by atoms with van der Waals surface area (Å²) in [7, 11) is 0. The van der Waals surface area contributed by atoms with Gasteiger partial charge in [0.25, 0.3) is 5.91 Å². The number of rotatable bonds is 5. The molecule has 0 saturated heterocycles. The highest BCUT2D eigenvalue weighted by Gasteiger charge is 2.09. The van der Waals surface area contributed by atoms with E-state index in [2.05, 4.69) is 25.6 Å². The smallest absolute Gasteiger partial charge is 0.407 e. The van der Waals surface area contributed by atoms with Gasteiger partial charge in [-0.1, -0.05) is 0 Å². The number of amides is 2. The second-order valence-electron chi connectivity index (χ2n) is 5.20. The maximum absolute atomic E-state index is 12.4. The number of fused-ring (bicyclic) bond motifs is 1. The van der Waals surface area contributed by atoms with Crippen molar-refractivity contribution in [3.63, 3.8) is 0 Å². The third-order valence-electron chi connectivity index (χ3n) is 3.45. The number of carbonyl (C=O) groups excluding carboxylic acids is 2. The average Bonchev–Trinajstić information content (AvgIpc) is 3.08. The van der Waals surface area contributed by atoms with Crippen molar-refractivity contribution < 1.29 is 14.3 Å². The Hall–Kier alpha value is -3.42. The van der Waals surface area contributed by atoms with Crippen molar-refractivity contribution in [2.45, 2.75) is 13.5 Å². The molecule has 0 aliphatic carbocycles. The van der Waals surface area contributed by atoms with E-state index in [0.29, 0.717) is 23.6 Å². The monoisotopic (exact) mass is 339 g/mol. The standard InChI is InChI=1S/C17H17N5O3/c1-2-25-17(24)19-9-13-7-11(5-6-18-13)16(23)22-12-3-4-14-15(8-12)21-10-20-14/h3-8,10H,2,9H2,1H3,(H,19,24)(H,20,21)(H,22,23). The summed E-state index contributed by atoms with van der Waals surface area (Å²) in [6, 6.07) is 8.65. The van der Waals surface area contributed by atoms with Crippen LogP contribution in [0, 0.1) is 0 Å². The Kier molecular flexibility index (Phi) is 4.89. The third kappa shape index (κ3) is 4.11. The first kappa shape index (κ1) is 16.4. The van der Waals surface area contributed by atoms with Gasteiger partial charge in [-0.15, -0.1) is 0 Å². The minimum atomic E-state index is -0.521. The predicted octanol–water partition coefficient (Wildman–Crippen LogP) is 2.46. The van der Waals surface area contributed by atoms with E-state index in [4.69, 9.17) is 4.74 Å². The van der Waals surface area contributed by atoms with Gasteiger partial charge in [0, 0.05) is 17.4 Å². The Morgan fingerprint density at radius 3 is 2.92 bits per heavy atom. The fourth-order valence-electron chi connectivity index (χ4n) is 2.28. The van der Waals surface area contributed by atoms with Gasteiger partial charge in [0.1, 0.15) is 0 Å². The van der Waals surface area contributed by atoms with E-state index in [-0.39, 0.29) is 12.5 Å². The number of aromatic nitrogens is 3. The topological polar surface area (TPSA) is 109 Å². The summed E-state index contributed by atoms with van der Waals surface area (Å²) >= 11 is 0. The van der Waals surface area contributed by atoms with Crippen LogP contribution in [0.3, 0.4) is 0 Å². The SMILES string of the molecule is CCOC(=O)NCc1cc(C(=O)Nc2ccc3nc[nH]c3c2)ccn1. The Morgan fingerprint density at radius 2 is 2.08 bits per heavy atom. The molecule has 8 nitrogen and oxygen atoms in total. The summed E-state index contributed by atoms with van der Waals surface area (Å²) in [5.41, 5.74) is 3.33. The third-order valence-corrected chi connectivity index (χ3v) is 3.45. The highest BCUT2D eigenvalue weighted by atomic mass is 16.5. The number of nitrogens with one attached hydrogen (secondary N) is 3. The van der Waals surface area contributed by atoms with Gasteiger partial charge < -0.3 is 20.4 Å². The van der Waals surface area contributed by atoms with E-state index >= 15 is 0 Å². The molecular formula is C17H17N5O3. The number of alkyl carbamates (subject to hydrolysis) is 1. The molecule has 3 N–H and O–H groups in total. The Bertz CT molecular complexity index is 906. The van der Waals surface area contributed by atoms with E-state index in [1.165, 1.54) is 6.20 Å². The van der Waals surface area contributed by atoms with Gasteiger partial charge in [0.2, 0.25) is 0 Å². The quantitative estimate of drug-likeness (QED) is 0.661. The molecule has 0 fully saturated rings. The average molecular weight is 339 g/mol. The number of imidazole rings is 1. The van der Waals surface area contributed by atoms with Crippen molar-refractivity contribution in [3.8, 4) is 0 Å². The molecule has 25 heavy (non-hydrogen) atoms. The minimum Gasteiger partial charge on any atom is -0.450 e. The van der Waals surface area contributed by atoms with Crippen LogP contribution in [-0.4, -0.2) is 33.6 Å². The number of pyridine rings is 1. The lowest BCUT2D eigenvalue weighted by Gasteiger charge is -2.08. The summed E-state index contributed by atoms with van der Waals surface area (Å²) in [5.74, 6) is -0.265. The van der Waals surface area contributed by atoms with Crippen molar-refractivity contribution >= 4 is 28.7 Å². The number of aromatic amines is 1. The van der Waals surface area contributed by atoms with Gasteiger partial charge in [-0.05, 0) is 37.3 Å². The van der Waals surface area contributed by atoms with E-state index in [0.717, 1.165) is 11.0 Å². The summed E-state index contributed by atoms with van der Waals surface area (Å²) in [4.78, 5) is 35.0. The second kappa shape index (κ2) is 7.43. The van der Waals surface area contributed by atoms with Crippen LogP contribution in [0.5, 0.6) is 0 Å². The maximum atomic E-state index is 12.4. The molecular weight excluding hydrogens is 322 g/mol. The minimum absolute atomic E-state index is 0.181. The molecule has 2 amide bonds. The molecule has 0 aliphatic rings. The van der Waals surface area contributed by atoms with Crippen LogP contribution in [-0.2, 0) is 11.3 Å².